The minimum atomic E-state index is -1.40. The van der Waals surface area contributed by atoms with Gasteiger partial charge in [0, 0.05) is 5.92 Å². The van der Waals surface area contributed by atoms with Crippen LogP contribution in [0.25, 0.3) is 0 Å². The smallest absolute Gasteiger partial charge is 0.411 e. The molecule has 0 radical (unpaired) electrons. The van der Waals surface area contributed by atoms with Crippen molar-refractivity contribution < 1.29 is 29.0 Å². The lowest BCUT2D eigenvalue weighted by molar-refractivity contribution is -0.179. The van der Waals surface area contributed by atoms with Crippen molar-refractivity contribution in [2.24, 2.45) is 17.8 Å². The Morgan fingerprint density at radius 2 is 1.75 bits per heavy atom. The minimum absolute atomic E-state index is 0.249. The summed E-state index contributed by atoms with van der Waals surface area (Å²) < 4.78 is 10.3. The molecule has 1 amide bonds. The number of amides is 1. The second-order valence-electron chi connectivity index (χ2n) is 7.37. The number of hydrogen-bond acceptors (Lipinski definition) is 5. The van der Waals surface area contributed by atoms with E-state index in [1.165, 1.54) is 6.92 Å². The van der Waals surface area contributed by atoms with Crippen LogP contribution in [0.1, 0.15) is 60.3 Å². The molecular weight excluding hydrogens is 314 g/mol. The van der Waals surface area contributed by atoms with Crippen molar-refractivity contribution >= 4 is 18.0 Å². The fourth-order valence-corrected chi connectivity index (χ4v) is 2.37. The van der Waals surface area contributed by atoms with Crippen molar-refractivity contribution in [3.63, 3.8) is 0 Å². The Bertz CT molecular complexity index is 472. The van der Waals surface area contributed by atoms with Gasteiger partial charge in [0.15, 0.2) is 0 Å². The number of esters is 1. The molecule has 1 aliphatic carbocycles. The van der Waals surface area contributed by atoms with E-state index in [0.29, 0.717) is 12.3 Å². The SMILES string of the molecule is CC(C)C(=O)O[C@H](OC(=O)N[C@@](C)(CC1CCC1)C(=O)O)C(C)C. The summed E-state index contributed by atoms with van der Waals surface area (Å²) >= 11 is 0. The molecule has 0 unspecified atom stereocenters. The Morgan fingerprint density at radius 1 is 1.17 bits per heavy atom. The first-order valence-corrected chi connectivity index (χ1v) is 8.48. The number of hydrogen-bond donors (Lipinski definition) is 2. The Morgan fingerprint density at radius 3 is 2.12 bits per heavy atom. The van der Waals surface area contributed by atoms with Gasteiger partial charge in [-0.15, -0.1) is 0 Å². The zero-order valence-electron chi connectivity index (χ0n) is 15.1. The number of carboxylic acids is 1. The van der Waals surface area contributed by atoms with Crippen LogP contribution >= 0.6 is 0 Å². The van der Waals surface area contributed by atoms with Crippen LogP contribution in [-0.2, 0) is 19.1 Å². The standard InChI is InChI=1S/C17H29NO6/c1-10(2)13(19)23-14(11(3)4)24-16(22)18-17(5,15(20)21)9-12-7-6-8-12/h10-12,14H,6-9H2,1-5H3,(H,18,22)(H,20,21)/t14-,17+/m1/s1. The maximum absolute atomic E-state index is 12.1. The maximum atomic E-state index is 12.1. The molecule has 0 heterocycles. The maximum Gasteiger partial charge on any atom is 0.411 e. The van der Waals surface area contributed by atoms with E-state index in [0.717, 1.165) is 19.3 Å². The van der Waals surface area contributed by atoms with Gasteiger partial charge >= 0.3 is 18.0 Å². The molecule has 0 aliphatic heterocycles. The van der Waals surface area contributed by atoms with Crippen molar-refractivity contribution in [1.82, 2.24) is 5.32 Å². The van der Waals surface area contributed by atoms with Gasteiger partial charge in [-0.25, -0.2) is 9.59 Å². The largest absolute Gasteiger partial charge is 0.480 e. The van der Waals surface area contributed by atoms with Crippen LogP contribution in [0.2, 0.25) is 0 Å². The topological polar surface area (TPSA) is 102 Å². The fourth-order valence-electron chi connectivity index (χ4n) is 2.37. The van der Waals surface area contributed by atoms with Gasteiger partial charge in [0.1, 0.15) is 5.54 Å². The fraction of sp³-hybridized carbons (Fsp3) is 0.824. The van der Waals surface area contributed by atoms with Crippen molar-refractivity contribution in [3.05, 3.63) is 0 Å². The molecule has 0 aromatic heterocycles. The number of alkyl carbamates (subject to hydrolysis) is 1. The monoisotopic (exact) mass is 343 g/mol. The first kappa shape index (κ1) is 20.3. The molecule has 7 nitrogen and oxygen atoms in total. The quantitative estimate of drug-likeness (QED) is 0.519. The number of rotatable bonds is 8. The third-order valence-corrected chi connectivity index (χ3v) is 4.24. The molecule has 1 rings (SSSR count). The number of carboxylic acid groups (broad SMARTS) is 1. The average Bonchev–Trinajstić information content (AvgIpc) is 2.41. The normalized spacial score (nSPS) is 18.5. The number of carbonyl (C=O) groups is 3. The van der Waals surface area contributed by atoms with E-state index in [4.69, 9.17) is 9.47 Å². The van der Waals surface area contributed by atoms with Crippen LogP contribution in [-0.4, -0.2) is 35.0 Å². The van der Waals surface area contributed by atoms with Crippen molar-refractivity contribution in [1.29, 1.82) is 0 Å². The summed E-state index contributed by atoms with van der Waals surface area (Å²) in [6.45, 7) is 8.33. The van der Waals surface area contributed by atoms with E-state index in [2.05, 4.69) is 5.32 Å². The van der Waals surface area contributed by atoms with Gasteiger partial charge in [-0.2, -0.15) is 0 Å². The molecule has 2 N–H and O–H groups in total. The zero-order chi connectivity index (χ0) is 18.5. The molecule has 1 fully saturated rings. The molecule has 0 bridgehead atoms. The average molecular weight is 343 g/mol. The summed E-state index contributed by atoms with van der Waals surface area (Å²) in [5.41, 5.74) is -1.40. The Kier molecular flexibility index (Phi) is 7.05. The highest BCUT2D eigenvalue weighted by molar-refractivity contribution is 5.84. The molecule has 0 saturated heterocycles. The molecule has 138 valence electrons. The number of ether oxygens (including phenoxy) is 2. The van der Waals surface area contributed by atoms with Crippen LogP contribution in [0.15, 0.2) is 0 Å². The van der Waals surface area contributed by atoms with Gasteiger partial charge in [-0.1, -0.05) is 47.0 Å². The summed E-state index contributed by atoms with van der Waals surface area (Å²) in [5, 5.41) is 11.9. The molecular formula is C17H29NO6. The van der Waals surface area contributed by atoms with Crippen LogP contribution in [0.5, 0.6) is 0 Å². The van der Waals surface area contributed by atoms with Gasteiger partial charge in [0.2, 0.25) is 0 Å². The van der Waals surface area contributed by atoms with E-state index in [1.807, 2.05) is 0 Å². The van der Waals surface area contributed by atoms with Crippen molar-refractivity contribution in [3.8, 4) is 0 Å². The summed E-state index contributed by atoms with van der Waals surface area (Å²) in [7, 11) is 0. The Hall–Kier alpha value is -1.79. The molecule has 2 atom stereocenters. The lowest BCUT2D eigenvalue weighted by Crippen LogP contribution is -2.54. The van der Waals surface area contributed by atoms with Gasteiger partial charge in [0.25, 0.3) is 6.29 Å². The minimum Gasteiger partial charge on any atom is -0.480 e. The van der Waals surface area contributed by atoms with E-state index >= 15 is 0 Å². The second-order valence-corrected chi connectivity index (χ2v) is 7.37. The number of nitrogens with one attached hydrogen (secondary N) is 1. The molecule has 0 spiro atoms. The predicted octanol–water partition coefficient (Wildman–Crippen LogP) is 2.93. The van der Waals surface area contributed by atoms with Gasteiger partial charge < -0.3 is 19.9 Å². The van der Waals surface area contributed by atoms with Crippen LogP contribution < -0.4 is 5.32 Å². The number of aliphatic carboxylic acids is 1. The summed E-state index contributed by atoms with van der Waals surface area (Å²) in [5.74, 6) is -1.88. The first-order chi connectivity index (χ1) is 11.0. The molecule has 1 aliphatic rings. The first-order valence-electron chi connectivity index (χ1n) is 8.48. The Labute approximate surface area is 143 Å². The highest BCUT2D eigenvalue weighted by Crippen LogP contribution is 2.34. The van der Waals surface area contributed by atoms with Crippen molar-refractivity contribution in [2.45, 2.75) is 72.1 Å². The van der Waals surface area contributed by atoms with Gasteiger partial charge in [-0.05, 0) is 19.3 Å². The lowest BCUT2D eigenvalue weighted by atomic mass is 9.76. The highest BCUT2D eigenvalue weighted by Gasteiger charge is 2.40. The van der Waals surface area contributed by atoms with E-state index < -0.39 is 29.9 Å². The van der Waals surface area contributed by atoms with Gasteiger partial charge in [-0.3, -0.25) is 4.79 Å². The second kappa shape index (κ2) is 8.35. The van der Waals surface area contributed by atoms with Crippen LogP contribution in [0.4, 0.5) is 4.79 Å². The lowest BCUT2D eigenvalue weighted by Gasteiger charge is -2.34. The molecule has 7 heteroatoms. The highest BCUT2D eigenvalue weighted by atomic mass is 16.7. The third kappa shape index (κ3) is 5.69. The van der Waals surface area contributed by atoms with E-state index in [9.17, 15) is 19.5 Å². The summed E-state index contributed by atoms with van der Waals surface area (Å²) in [4.78, 5) is 35.4. The molecule has 1 saturated carbocycles. The van der Waals surface area contributed by atoms with E-state index in [1.54, 1.807) is 27.7 Å². The molecule has 24 heavy (non-hydrogen) atoms. The van der Waals surface area contributed by atoms with Crippen LogP contribution in [0.3, 0.4) is 0 Å². The van der Waals surface area contributed by atoms with Gasteiger partial charge in [0.05, 0.1) is 5.92 Å². The van der Waals surface area contributed by atoms with Crippen molar-refractivity contribution in [2.75, 3.05) is 0 Å². The predicted molar refractivity (Wildman–Crippen MR) is 87.2 cm³/mol. The summed E-state index contributed by atoms with van der Waals surface area (Å²) in [6, 6.07) is 0. The number of carbonyl (C=O) groups excluding carboxylic acids is 2. The zero-order valence-corrected chi connectivity index (χ0v) is 15.1. The Balaban J connectivity index is 2.67. The van der Waals surface area contributed by atoms with E-state index in [-0.39, 0.29) is 11.8 Å². The van der Waals surface area contributed by atoms with Crippen LogP contribution in [0, 0.1) is 17.8 Å². The third-order valence-electron chi connectivity index (χ3n) is 4.24. The summed E-state index contributed by atoms with van der Waals surface area (Å²) in [6.07, 6.45) is 1.44. The molecule has 0 aromatic carbocycles. The molecule has 0 aromatic rings.